The molecular formula is C11H13ClN2O3. The van der Waals surface area contributed by atoms with E-state index in [4.69, 9.17) is 17.3 Å². The van der Waals surface area contributed by atoms with Crippen molar-refractivity contribution in [2.24, 2.45) is 0 Å². The molecule has 0 saturated heterocycles. The lowest BCUT2D eigenvalue weighted by Gasteiger charge is -2.06. The number of anilines is 1. The van der Waals surface area contributed by atoms with Crippen molar-refractivity contribution in [2.75, 3.05) is 19.4 Å². The molecule has 0 aliphatic heterocycles. The van der Waals surface area contributed by atoms with Crippen LogP contribution in [-0.4, -0.2) is 25.5 Å². The largest absolute Gasteiger partial charge is 0.469 e. The van der Waals surface area contributed by atoms with Gasteiger partial charge >= 0.3 is 5.97 Å². The highest BCUT2D eigenvalue weighted by Crippen LogP contribution is 2.18. The number of benzene rings is 1. The second-order valence-corrected chi connectivity index (χ2v) is 3.73. The Kier molecular flexibility index (Phi) is 4.78. The smallest absolute Gasteiger partial charge is 0.307 e. The molecule has 1 rings (SSSR count). The maximum absolute atomic E-state index is 11.7. The van der Waals surface area contributed by atoms with E-state index in [0.717, 1.165) is 0 Å². The van der Waals surface area contributed by atoms with Crippen molar-refractivity contribution in [3.05, 3.63) is 28.8 Å². The standard InChI is InChI=1S/C11H13ClN2O3/c1-17-10(15)4-5-14-11(16)8-6-7(13)2-3-9(8)12/h2-3,6H,4-5,13H2,1H3,(H,14,16). The maximum Gasteiger partial charge on any atom is 0.307 e. The molecule has 0 unspecified atom stereocenters. The van der Waals surface area contributed by atoms with Gasteiger partial charge in [0.25, 0.3) is 5.91 Å². The fraction of sp³-hybridized carbons (Fsp3) is 0.273. The van der Waals surface area contributed by atoms with Crippen LogP contribution in [0.3, 0.4) is 0 Å². The first kappa shape index (κ1) is 13.3. The summed E-state index contributed by atoms with van der Waals surface area (Å²) in [5, 5.41) is 2.87. The lowest BCUT2D eigenvalue weighted by Crippen LogP contribution is -2.26. The Morgan fingerprint density at radius 3 is 2.82 bits per heavy atom. The Balaban J connectivity index is 2.58. The minimum atomic E-state index is -0.385. The molecule has 17 heavy (non-hydrogen) atoms. The van der Waals surface area contributed by atoms with Gasteiger partial charge in [-0.3, -0.25) is 9.59 Å². The molecule has 0 aliphatic carbocycles. The summed E-state index contributed by atoms with van der Waals surface area (Å²) < 4.78 is 4.44. The molecular weight excluding hydrogens is 244 g/mol. The van der Waals surface area contributed by atoms with E-state index in [-0.39, 0.29) is 30.4 Å². The van der Waals surface area contributed by atoms with E-state index in [1.807, 2.05) is 0 Å². The van der Waals surface area contributed by atoms with Crippen LogP contribution in [0.25, 0.3) is 0 Å². The van der Waals surface area contributed by atoms with Gasteiger partial charge < -0.3 is 15.8 Å². The molecule has 1 aromatic carbocycles. The zero-order valence-corrected chi connectivity index (χ0v) is 10.1. The summed E-state index contributed by atoms with van der Waals surface area (Å²) >= 11 is 5.85. The lowest BCUT2D eigenvalue weighted by molar-refractivity contribution is -0.140. The zero-order valence-electron chi connectivity index (χ0n) is 9.33. The van der Waals surface area contributed by atoms with Gasteiger partial charge in [-0.15, -0.1) is 0 Å². The molecule has 3 N–H and O–H groups in total. The Labute approximate surface area is 104 Å². The summed E-state index contributed by atoms with van der Waals surface area (Å²) in [5.41, 5.74) is 6.29. The molecule has 0 atom stereocenters. The van der Waals surface area contributed by atoms with Crippen molar-refractivity contribution >= 4 is 29.2 Å². The van der Waals surface area contributed by atoms with Crippen molar-refractivity contribution in [2.45, 2.75) is 6.42 Å². The third-order valence-electron chi connectivity index (χ3n) is 2.08. The van der Waals surface area contributed by atoms with Gasteiger partial charge in [-0.1, -0.05) is 11.6 Å². The van der Waals surface area contributed by atoms with Crippen LogP contribution in [0.15, 0.2) is 18.2 Å². The third kappa shape index (κ3) is 3.96. The van der Waals surface area contributed by atoms with Crippen LogP contribution in [0.1, 0.15) is 16.8 Å². The van der Waals surface area contributed by atoms with E-state index in [9.17, 15) is 9.59 Å². The highest BCUT2D eigenvalue weighted by Gasteiger charge is 2.10. The monoisotopic (exact) mass is 256 g/mol. The van der Waals surface area contributed by atoms with Crippen LogP contribution in [0.5, 0.6) is 0 Å². The van der Waals surface area contributed by atoms with E-state index in [1.54, 1.807) is 12.1 Å². The topological polar surface area (TPSA) is 81.4 Å². The average Bonchev–Trinajstić information content (AvgIpc) is 2.31. The number of methoxy groups -OCH3 is 1. The number of nitrogen functional groups attached to an aromatic ring is 1. The fourth-order valence-electron chi connectivity index (χ4n) is 1.19. The number of hydrogen-bond donors (Lipinski definition) is 2. The molecule has 0 saturated carbocycles. The average molecular weight is 257 g/mol. The number of rotatable bonds is 4. The van der Waals surface area contributed by atoms with Gasteiger partial charge in [-0.05, 0) is 18.2 Å². The highest BCUT2D eigenvalue weighted by molar-refractivity contribution is 6.34. The molecule has 0 heterocycles. The molecule has 0 aliphatic rings. The van der Waals surface area contributed by atoms with E-state index < -0.39 is 0 Å². The Morgan fingerprint density at radius 2 is 2.18 bits per heavy atom. The third-order valence-corrected chi connectivity index (χ3v) is 2.41. The van der Waals surface area contributed by atoms with E-state index >= 15 is 0 Å². The summed E-state index contributed by atoms with van der Waals surface area (Å²) in [4.78, 5) is 22.5. The molecule has 5 nitrogen and oxygen atoms in total. The van der Waals surface area contributed by atoms with E-state index in [2.05, 4.69) is 10.1 Å². The van der Waals surface area contributed by atoms with Gasteiger partial charge in [0.1, 0.15) is 0 Å². The highest BCUT2D eigenvalue weighted by atomic mass is 35.5. The number of amides is 1. The van der Waals surface area contributed by atoms with E-state index in [0.29, 0.717) is 10.7 Å². The first-order valence-corrected chi connectivity index (χ1v) is 5.32. The lowest BCUT2D eigenvalue weighted by atomic mass is 10.2. The summed E-state index contributed by atoms with van der Waals surface area (Å²) in [6.45, 7) is 0.191. The molecule has 1 amide bonds. The van der Waals surface area contributed by atoms with Crippen LogP contribution in [-0.2, 0) is 9.53 Å². The predicted octanol–water partition coefficient (Wildman–Crippen LogP) is 1.22. The number of carbonyl (C=O) groups is 2. The molecule has 0 bridgehead atoms. The molecule has 1 aromatic rings. The molecule has 0 radical (unpaired) electrons. The number of esters is 1. The molecule has 6 heteroatoms. The number of ether oxygens (including phenoxy) is 1. The van der Waals surface area contributed by atoms with Crippen molar-refractivity contribution in [1.82, 2.24) is 5.32 Å². The van der Waals surface area contributed by atoms with Crippen molar-refractivity contribution in [3.8, 4) is 0 Å². The molecule has 0 fully saturated rings. The molecule has 92 valence electrons. The van der Waals surface area contributed by atoms with Crippen LogP contribution < -0.4 is 11.1 Å². The normalized spacial score (nSPS) is 9.76. The number of halogens is 1. The number of hydrogen-bond acceptors (Lipinski definition) is 4. The number of carbonyl (C=O) groups excluding carboxylic acids is 2. The predicted molar refractivity (Wildman–Crippen MR) is 64.8 cm³/mol. The van der Waals surface area contributed by atoms with Gasteiger partial charge in [-0.25, -0.2) is 0 Å². The summed E-state index contributed by atoms with van der Waals surface area (Å²) in [6, 6.07) is 4.63. The molecule has 0 spiro atoms. The van der Waals surface area contributed by atoms with Crippen LogP contribution in [0.2, 0.25) is 5.02 Å². The number of nitrogens with two attached hydrogens (primary N) is 1. The minimum absolute atomic E-state index is 0.113. The van der Waals surface area contributed by atoms with Gasteiger partial charge in [0.2, 0.25) is 0 Å². The second-order valence-electron chi connectivity index (χ2n) is 3.32. The van der Waals surface area contributed by atoms with Crippen molar-refractivity contribution < 1.29 is 14.3 Å². The van der Waals surface area contributed by atoms with Crippen molar-refractivity contribution in [1.29, 1.82) is 0 Å². The second kappa shape index (κ2) is 6.10. The Morgan fingerprint density at radius 1 is 1.47 bits per heavy atom. The van der Waals surface area contributed by atoms with Gasteiger partial charge in [0.15, 0.2) is 0 Å². The minimum Gasteiger partial charge on any atom is -0.469 e. The first-order chi connectivity index (χ1) is 8.04. The first-order valence-electron chi connectivity index (χ1n) is 4.94. The molecule has 0 aromatic heterocycles. The Hall–Kier alpha value is -1.75. The van der Waals surface area contributed by atoms with Gasteiger partial charge in [0.05, 0.1) is 24.1 Å². The van der Waals surface area contributed by atoms with Crippen LogP contribution >= 0.6 is 11.6 Å². The zero-order chi connectivity index (χ0) is 12.8. The summed E-state index contributed by atoms with van der Waals surface area (Å²) in [6.07, 6.45) is 0.113. The SMILES string of the molecule is COC(=O)CCNC(=O)c1cc(N)ccc1Cl. The van der Waals surface area contributed by atoms with Crippen LogP contribution in [0, 0.1) is 0 Å². The van der Waals surface area contributed by atoms with Gasteiger partial charge in [0, 0.05) is 12.2 Å². The summed E-state index contributed by atoms with van der Waals surface area (Å²) in [5.74, 6) is -0.754. The Bertz CT molecular complexity index is 435. The number of nitrogens with one attached hydrogen (secondary N) is 1. The van der Waals surface area contributed by atoms with Crippen LogP contribution in [0.4, 0.5) is 5.69 Å². The quantitative estimate of drug-likeness (QED) is 0.627. The van der Waals surface area contributed by atoms with E-state index in [1.165, 1.54) is 13.2 Å². The summed E-state index contributed by atoms with van der Waals surface area (Å²) in [7, 11) is 1.29. The fourth-order valence-corrected chi connectivity index (χ4v) is 1.40. The van der Waals surface area contributed by atoms with Gasteiger partial charge in [-0.2, -0.15) is 0 Å². The maximum atomic E-state index is 11.7. The van der Waals surface area contributed by atoms with Crippen molar-refractivity contribution in [3.63, 3.8) is 0 Å².